The lowest BCUT2D eigenvalue weighted by atomic mass is 9.88. The van der Waals surface area contributed by atoms with Gasteiger partial charge in [-0.05, 0) is 43.2 Å². The average Bonchev–Trinajstić information content (AvgIpc) is 3.14. The van der Waals surface area contributed by atoms with Gasteiger partial charge in [-0.25, -0.2) is 0 Å². The molecule has 3 atom stereocenters. The van der Waals surface area contributed by atoms with Crippen molar-refractivity contribution in [1.82, 2.24) is 5.43 Å². The van der Waals surface area contributed by atoms with Crippen molar-refractivity contribution >= 4 is 17.3 Å². The molecule has 3 unspecified atom stereocenters. The molecule has 3 rings (SSSR count). The van der Waals surface area contributed by atoms with E-state index in [1.54, 1.807) is 0 Å². The molecule has 130 valence electrons. The Bertz CT molecular complexity index is 678. The lowest BCUT2D eigenvalue weighted by Crippen LogP contribution is -2.37. The second-order valence-electron chi connectivity index (χ2n) is 6.38. The van der Waals surface area contributed by atoms with Gasteiger partial charge in [0.1, 0.15) is 5.69 Å². The number of benzene rings is 1. The molecule has 2 aliphatic carbocycles. The average molecular weight is 343 g/mol. The number of hydrazine groups is 1. The van der Waals surface area contributed by atoms with Gasteiger partial charge in [0.2, 0.25) is 5.91 Å². The molecule has 2 saturated carbocycles. The summed E-state index contributed by atoms with van der Waals surface area (Å²) in [5, 5.41) is 11.0. The van der Waals surface area contributed by atoms with E-state index in [1.165, 1.54) is 0 Å². The molecule has 2 aliphatic rings. The highest BCUT2D eigenvalue weighted by Gasteiger charge is 2.43. The van der Waals surface area contributed by atoms with Crippen molar-refractivity contribution in [2.45, 2.75) is 31.9 Å². The molecule has 1 amide bonds. The number of nitrogens with zero attached hydrogens (tertiary/aromatic N) is 1. The number of amides is 1. The number of hydrogen-bond acceptors (Lipinski definition) is 4. The number of rotatable bonds is 4. The van der Waals surface area contributed by atoms with Crippen LogP contribution in [0, 0.1) is 27.9 Å². The van der Waals surface area contributed by atoms with E-state index in [2.05, 4.69) is 10.9 Å². The highest BCUT2D eigenvalue weighted by atomic mass is 19.4. The Morgan fingerprint density at radius 1 is 1.25 bits per heavy atom. The van der Waals surface area contributed by atoms with Crippen LogP contribution in [0.5, 0.6) is 0 Å². The van der Waals surface area contributed by atoms with E-state index in [0.717, 1.165) is 37.8 Å². The highest BCUT2D eigenvalue weighted by Crippen LogP contribution is 2.48. The lowest BCUT2D eigenvalue weighted by Gasteiger charge is -2.21. The van der Waals surface area contributed by atoms with Crippen LogP contribution in [0.25, 0.3) is 0 Å². The molecule has 0 aromatic heterocycles. The fraction of sp³-hybridized carbons (Fsp3) is 0.533. The Morgan fingerprint density at radius 3 is 2.54 bits per heavy atom. The lowest BCUT2D eigenvalue weighted by molar-refractivity contribution is -0.384. The van der Waals surface area contributed by atoms with Gasteiger partial charge >= 0.3 is 6.18 Å². The fourth-order valence-corrected chi connectivity index (χ4v) is 3.75. The number of hydrogen-bond donors (Lipinski definition) is 2. The van der Waals surface area contributed by atoms with Crippen LogP contribution in [0.3, 0.4) is 0 Å². The predicted molar refractivity (Wildman–Crippen MR) is 78.8 cm³/mol. The number of carbonyl (C=O) groups is 1. The van der Waals surface area contributed by atoms with Crippen LogP contribution in [0.1, 0.15) is 31.2 Å². The summed E-state index contributed by atoms with van der Waals surface area (Å²) < 4.78 is 38.0. The molecular formula is C15H16F3N3O3. The monoisotopic (exact) mass is 343 g/mol. The molecule has 0 heterocycles. The molecule has 1 aromatic carbocycles. The van der Waals surface area contributed by atoms with E-state index in [0.29, 0.717) is 17.9 Å². The van der Waals surface area contributed by atoms with Gasteiger partial charge in [0, 0.05) is 12.0 Å². The van der Waals surface area contributed by atoms with E-state index < -0.39 is 22.4 Å². The Kier molecular flexibility index (Phi) is 4.10. The Morgan fingerprint density at radius 2 is 2.00 bits per heavy atom. The molecule has 9 heteroatoms. The standard InChI is InChI=1S/C15H16F3N3O3/c16-15(17,18)10-3-4-12(13(7-10)21(23)24)19-20-14(22)11-6-8-1-2-9(11)5-8/h3-4,7-9,11,19H,1-2,5-6H2,(H,20,22). The molecule has 0 radical (unpaired) electrons. The SMILES string of the molecule is O=C(NNc1ccc(C(F)(F)F)cc1[N+](=O)[O-])C1CC2CCC1C2. The van der Waals surface area contributed by atoms with E-state index in [1.807, 2.05) is 0 Å². The third-order valence-electron chi connectivity index (χ3n) is 4.92. The molecule has 0 aliphatic heterocycles. The summed E-state index contributed by atoms with van der Waals surface area (Å²) in [6.07, 6.45) is -0.711. The molecule has 2 bridgehead atoms. The van der Waals surface area contributed by atoms with Crippen molar-refractivity contribution in [1.29, 1.82) is 0 Å². The van der Waals surface area contributed by atoms with Crippen LogP contribution in [0.2, 0.25) is 0 Å². The fourth-order valence-electron chi connectivity index (χ4n) is 3.75. The van der Waals surface area contributed by atoms with Crippen LogP contribution in [0.15, 0.2) is 18.2 Å². The van der Waals surface area contributed by atoms with Gasteiger partial charge in [-0.1, -0.05) is 6.42 Å². The van der Waals surface area contributed by atoms with Gasteiger partial charge in [0.05, 0.1) is 10.5 Å². The Balaban J connectivity index is 1.70. The van der Waals surface area contributed by atoms with Gasteiger partial charge in [-0.2, -0.15) is 13.2 Å². The summed E-state index contributed by atoms with van der Waals surface area (Å²) in [6.45, 7) is 0. The molecular weight excluding hydrogens is 327 g/mol. The van der Waals surface area contributed by atoms with Crippen LogP contribution in [-0.4, -0.2) is 10.8 Å². The first-order valence-corrected chi connectivity index (χ1v) is 7.67. The maximum absolute atomic E-state index is 12.7. The maximum atomic E-state index is 12.7. The van der Waals surface area contributed by atoms with Crippen LogP contribution < -0.4 is 10.9 Å². The van der Waals surface area contributed by atoms with Crippen molar-refractivity contribution in [2.75, 3.05) is 5.43 Å². The highest BCUT2D eigenvalue weighted by molar-refractivity contribution is 5.81. The van der Waals surface area contributed by atoms with Crippen LogP contribution in [0.4, 0.5) is 24.5 Å². The first kappa shape index (κ1) is 16.5. The quantitative estimate of drug-likeness (QED) is 0.647. The number of anilines is 1. The zero-order chi connectivity index (χ0) is 17.5. The number of alkyl halides is 3. The van der Waals surface area contributed by atoms with Gasteiger partial charge in [-0.15, -0.1) is 0 Å². The third-order valence-corrected chi connectivity index (χ3v) is 4.92. The number of nitrogens with one attached hydrogen (secondary N) is 2. The largest absolute Gasteiger partial charge is 0.416 e. The predicted octanol–water partition coefficient (Wildman–Crippen LogP) is 3.49. The minimum Gasteiger partial charge on any atom is -0.292 e. The topological polar surface area (TPSA) is 84.3 Å². The first-order valence-electron chi connectivity index (χ1n) is 7.67. The van der Waals surface area contributed by atoms with Crippen molar-refractivity contribution in [2.24, 2.45) is 17.8 Å². The molecule has 2 N–H and O–H groups in total. The summed E-state index contributed by atoms with van der Waals surface area (Å²) >= 11 is 0. The van der Waals surface area contributed by atoms with Crippen molar-refractivity contribution in [3.05, 3.63) is 33.9 Å². The molecule has 0 spiro atoms. The smallest absolute Gasteiger partial charge is 0.292 e. The van der Waals surface area contributed by atoms with E-state index >= 15 is 0 Å². The molecule has 0 saturated heterocycles. The number of nitro groups is 1. The van der Waals surface area contributed by atoms with E-state index in [9.17, 15) is 28.1 Å². The number of nitro benzene ring substituents is 1. The normalized spacial score (nSPS) is 25.5. The Hall–Kier alpha value is -2.32. The van der Waals surface area contributed by atoms with Crippen molar-refractivity contribution < 1.29 is 22.9 Å². The number of fused-ring (bicyclic) bond motifs is 2. The van der Waals surface area contributed by atoms with Crippen LogP contribution in [-0.2, 0) is 11.0 Å². The van der Waals surface area contributed by atoms with Gasteiger partial charge in [0.25, 0.3) is 5.69 Å². The summed E-state index contributed by atoms with van der Waals surface area (Å²) in [5.74, 6) is 0.492. The molecule has 1 aromatic rings. The minimum absolute atomic E-state index is 0.134. The summed E-state index contributed by atoms with van der Waals surface area (Å²) in [4.78, 5) is 22.3. The van der Waals surface area contributed by atoms with Crippen molar-refractivity contribution in [3.63, 3.8) is 0 Å². The second kappa shape index (κ2) is 5.95. The number of halogens is 3. The molecule has 2 fully saturated rings. The summed E-state index contributed by atoms with van der Waals surface area (Å²) in [7, 11) is 0. The first-order chi connectivity index (χ1) is 11.3. The van der Waals surface area contributed by atoms with Gasteiger partial charge in [0.15, 0.2) is 0 Å². The van der Waals surface area contributed by atoms with Crippen molar-refractivity contribution in [3.8, 4) is 0 Å². The minimum atomic E-state index is -4.67. The summed E-state index contributed by atoms with van der Waals surface area (Å²) in [5.41, 5.74) is 2.78. The zero-order valence-electron chi connectivity index (χ0n) is 12.6. The molecule has 6 nitrogen and oxygen atoms in total. The van der Waals surface area contributed by atoms with E-state index in [-0.39, 0.29) is 17.5 Å². The van der Waals surface area contributed by atoms with E-state index in [4.69, 9.17) is 0 Å². The van der Waals surface area contributed by atoms with Gasteiger partial charge in [-0.3, -0.25) is 25.8 Å². The Labute approximate surface area is 135 Å². The summed E-state index contributed by atoms with van der Waals surface area (Å²) in [6, 6.07) is 2.13. The number of carbonyl (C=O) groups excluding carboxylic acids is 1. The zero-order valence-corrected chi connectivity index (χ0v) is 12.6. The third kappa shape index (κ3) is 3.15. The van der Waals surface area contributed by atoms with Gasteiger partial charge < -0.3 is 0 Å². The maximum Gasteiger partial charge on any atom is 0.416 e. The molecule has 24 heavy (non-hydrogen) atoms. The second-order valence-corrected chi connectivity index (χ2v) is 6.38. The van der Waals surface area contributed by atoms with Crippen LogP contribution >= 0.6 is 0 Å².